The molecule has 0 radical (unpaired) electrons. The van der Waals surface area contributed by atoms with E-state index in [0.717, 1.165) is 19.9 Å². The van der Waals surface area contributed by atoms with Crippen LogP contribution in [0.4, 0.5) is 5.69 Å². The molecule has 6 heteroatoms. The first-order valence-corrected chi connectivity index (χ1v) is 11.7. The number of carbonyl (C=O) groups excluding carboxylic acids is 1. The molecule has 1 amide bonds. The molecule has 1 N–H and O–H groups in total. The zero-order valence-corrected chi connectivity index (χ0v) is 20.6. The Labute approximate surface area is 208 Å². The molecule has 0 bridgehead atoms. The third kappa shape index (κ3) is 5.70. The molecule has 0 aliphatic rings. The molecule has 0 unspecified atom stereocenters. The Bertz CT molecular complexity index is 1400. The van der Waals surface area contributed by atoms with Crippen LogP contribution < -0.4 is 10.1 Å². The molecule has 0 spiro atoms. The Balaban J connectivity index is 1.48. The lowest BCUT2D eigenvalue weighted by atomic mass is 10.1. The number of benzene rings is 4. The van der Waals surface area contributed by atoms with Crippen LogP contribution in [-0.2, 0) is 11.4 Å². The molecule has 0 aliphatic heterocycles. The van der Waals surface area contributed by atoms with Gasteiger partial charge in [0.1, 0.15) is 24.0 Å². The van der Waals surface area contributed by atoms with Crippen LogP contribution in [0.2, 0.25) is 0 Å². The van der Waals surface area contributed by atoms with E-state index in [1.807, 2.05) is 54.6 Å². The third-order valence-electron chi connectivity index (χ3n) is 4.98. The summed E-state index contributed by atoms with van der Waals surface area (Å²) in [6, 6.07) is 29.0. The molecular formula is C27H18Br2N2O2. The van der Waals surface area contributed by atoms with Gasteiger partial charge in [-0.1, -0.05) is 70.5 Å². The first-order valence-electron chi connectivity index (χ1n) is 10.1. The van der Waals surface area contributed by atoms with Gasteiger partial charge in [0.25, 0.3) is 5.91 Å². The highest BCUT2D eigenvalue weighted by Crippen LogP contribution is 2.29. The zero-order valence-electron chi connectivity index (χ0n) is 17.4. The standard InChI is InChI=1S/C27H18Br2N2O2/c28-22-8-4-9-23(15-22)31-27(32)21(16-30)13-18-11-12-26(25(29)14-18)33-17-20-7-3-6-19-5-1-2-10-24(19)20/h1-15H,17H2,(H,31,32)/b21-13-. The number of halogens is 2. The highest BCUT2D eigenvalue weighted by molar-refractivity contribution is 9.10. The number of nitrogens with zero attached hydrogens (tertiary/aromatic N) is 1. The molecule has 0 aromatic heterocycles. The number of ether oxygens (including phenoxy) is 1. The maximum Gasteiger partial charge on any atom is 0.266 e. The Kier molecular flexibility index (Phi) is 7.23. The first-order chi connectivity index (χ1) is 16.0. The second-order valence-electron chi connectivity index (χ2n) is 7.25. The summed E-state index contributed by atoms with van der Waals surface area (Å²) in [5.41, 5.74) is 2.42. The van der Waals surface area contributed by atoms with E-state index in [-0.39, 0.29) is 5.57 Å². The molecule has 33 heavy (non-hydrogen) atoms. The van der Waals surface area contributed by atoms with Gasteiger partial charge in [0.2, 0.25) is 0 Å². The number of nitrogens with one attached hydrogen (secondary N) is 1. The predicted octanol–water partition coefficient (Wildman–Crippen LogP) is 7.49. The molecule has 0 saturated carbocycles. The molecule has 4 rings (SSSR count). The van der Waals surface area contributed by atoms with Gasteiger partial charge in [-0.2, -0.15) is 5.26 Å². The summed E-state index contributed by atoms with van der Waals surface area (Å²) in [5.74, 6) is 0.209. The lowest BCUT2D eigenvalue weighted by Crippen LogP contribution is -2.13. The summed E-state index contributed by atoms with van der Waals surface area (Å²) >= 11 is 6.90. The van der Waals surface area contributed by atoms with E-state index in [1.165, 1.54) is 5.39 Å². The lowest BCUT2D eigenvalue weighted by molar-refractivity contribution is -0.112. The molecule has 4 aromatic rings. The number of hydrogen-bond acceptors (Lipinski definition) is 3. The van der Waals surface area contributed by atoms with Gasteiger partial charge in [-0.25, -0.2) is 0 Å². The average molecular weight is 562 g/mol. The second-order valence-corrected chi connectivity index (χ2v) is 9.02. The van der Waals surface area contributed by atoms with Crippen molar-refractivity contribution in [3.8, 4) is 11.8 Å². The Morgan fingerprint density at radius 1 is 0.970 bits per heavy atom. The Hall–Kier alpha value is -3.40. The van der Waals surface area contributed by atoms with Crippen LogP contribution in [0.3, 0.4) is 0 Å². The van der Waals surface area contributed by atoms with Crippen molar-refractivity contribution < 1.29 is 9.53 Å². The SMILES string of the molecule is N#C/C(=C/c1ccc(OCc2cccc3ccccc23)c(Br)c1)C(=O)Nc1cccc(Br)c1. The van der Waals surface area contributed by atoms with Crippen molar-refractivity contribution in [3.63, 3.8) is 0 Å². The summed E-state index contributed by atoms with van der Waals surface area (Å²) in [4.78, 5) is 12.5. The Morgan fingerprint density at radius 3 is 2.55 bits per heavy atom. The fourth-order valence-corrected chi connectivity index (χ4v) is 4.29. The second kappa shape index (κ2) is 10.5. The van der Waals surface area contributed by atoms with E-state index < -0.39 is 5.91 Å². The van der Waals surface area contributed by atoms with Gasteiger partial charge >= 0.3 is 0 Å². The summed E-state index contributed by atoms with van der Waals surface area (Å²) in [7, 11) is 0. The smallest absolute Gasteiger partial charge is 0.266 e. The number of fused-ring (bicyclic) bond motifs is 1. The van der Waals surface area contributed by atoms with Crippen molar-refractivity contribution in [2.45, 2.75) is 6.61 Å². The molecule has 4 nitrogen and oxygen atoms in total. The molecule has 4 aromatic carbocycles. The molecular weight excluding hydrogens is 544 g/mol. The molecule has 0 aliphatic carbocycles. The van der Waals surface area contributed by atoms with E-state index in [1.54, 1.807) is 18.2 Å². The number of anilines is 1. The minimum Gasteiger partial charge on any atom is -0.488 e. The van der Waals surface area contributed by atoms with Crippen LogP contribution in [0.1, 0.15) is 11.1 Å². The predicted molar refractivity (Wildman–Crippen MR) is 139 cm³/mol. The zero-order chi connectivity index (χ0) is 23.2. The monoisotopic (exact) mass is 560 g/mol. The van der Waals surface area contributed by atoms with E-state index in [0.29, 0.717) is 23.6 Å². The minimum absolute atomic E-state index is 0.00583. The van der Waals surface area contributed by atoms with Crippen molar-refractivity contribution in [3.05, 3.63) is 111 Å². The van der Waals surface area contributed by atoms with Crippen molar-refractivity contribution >= 4 is 60.3 Å². The van der Waals surface area contributed by atoms with E-state index in [2.05, 4.69) is 61.4 Å². The van der Waals surface area contributed by atoms with Crippen LogP contribution in [0, 0.1) is 11.3 Å². The van der Waals surface area contributed by atoms with Gasteiger partial charge in [-0.05, 0) is 74.2 Å². The topological polar surface area (TPSA) is 62.1 Å². The van der Waals surface area contributed by atoms with Gasteiger partial charge < -0.3 is 10.1 Å². The van der Waals surface area contributed by atoms with E-state index in [4.69, 9.17) is 4.74 Å². The fourth-order valence-electron chi connectivity index (χ4n) is 3.38. The molecule has 0 fully saturated rings. The number of nitriles is 1. The van der Waals surface area contributed by atoms with Crippen molar-refractivity contribution in [1.29, 1.82) is 5.26 Å². The third-order valence-corrected chi connectivity index (χ3v) is 6.09. The van der Waals surface area contributed by atoms with Gasteiger partial charge in [0, 0.05) is 10.2 Å². The van der Waals surface area contributed by atoms with E-state index in [9.17, 15) is 10.1 Å². The van der Waals surface area contributed by atoms with Gasteiger partial charge in [0.05, 0.1) is 4.47 Å². The molecule has 0 atom stereocenters. The number of rotatable bonds is 6. The van der Waals surface area contributed by atoms with E-state index >= 15 is 0 Å². The average Bonchev–Trinajstić information content (AvgIpc) is 2.82. The minimum atomic E-state index is -0.469. The van der Waals surface area contributed by atoms with Gasteiger partial charge in [0.15, 0.2) is 0 Å². The molecule has 162 valence electrons. The fraction of sp³-hybridized carbons (Fsp3) is 0.0370. The summed E-state index contributed by atoms with van der Waals surface area (Å²) in [5, 5.41) is 14.6. The number of amides is 1. The van der Waals surface area contributed by atoms with Crippen molar-refractivity contribution in [2.24, 2.45) is 0 Å². The van der Waals surface area contributed by atoms with Crippen LogP contribution in [0.15, 0.2) is 99.4 Å². The lowest BCUT2D eigenvalue weighted by Gasteiger charge is -2.11. The van der Waals surface area contributed by atoms with Crippen LogP contribution >= 0.6 is 31.9 Å². The first kappa shape index (κ1) is 22.8. The quantitative estimate of drug-likeness (QED) is 0.196. The summed E-state index contributed by atoms with van der Waals surface area (Å²) in [6.45, 7) is 0.424. The maximum absolute atomic E-state index is 12.5. The van der Waals surface area contributed by atoms with Crippen LogP contribution in [0.5, 0.6) is 5.75 Å². The molecule has 0 saturated heterocycles. The number of carbonyl (C=O) groups is 1. The highest BCUT2D eigenvalue weighted by Gasteiger charge is 2.11. The summed E-state index contributed by atoms with van der Waals surface area (Å²) in [6.07, 6.45) is 1.55. The highest BCUT2D eigenvalue weighted by atomic mass is 79.9. The van der Waals surface area contributed by atoms with Gasteiger partial charge in [-0.15, -0.1) is 0 Å². The van der Waals surface area contributed by atoms with Gasteiger partial charge in [-0.3, -0.25) is 4.79 Å². The van der Waals surface area contributed by atoms with Crippen LogP contribution in [-0.4, -0.2) is 5.91 Å². The summed E-state index contributed by atoms with van der Waals surface area (Å²) < 4.78 is 7.61. The molecule has 0 heterocycles. The van der Waals surface area contributed by atoms with Crippen LogP contribution in [0.25, 0.3) is 16.8 Å². The van der Waals surface area contributed by atoms with Crippen molar-refractivity contribution in [2.75, 3.05) is 5.32 Å². The normalized spacial score (nSPS) is 11.1. The largest absolute Gasteiger partial charge is 0.488 e. The van der Waals surface area contributed by atoms with Crippen molar-refractivity contribution in [1.82, 2.24) is 0 Å². The number of hydrogen-bond donors (Lipinski definition) is 1. The Morgan fingerprint density at radius 2 is 1.76 bits per heavy atom. The maximum atomic E-state index is 12.5.